The summed E-state index contributed by atoms with van der Waals surface area (Å²) in [5.74, 6) is -0.261. The third kappa shape index (κ3) is 4.38. The molecule has 0 atom stereocenters. The highest BCUT2D eigenvalue weighted by Gasteiger charge is 2.29. The Morgan fingerprint density at radius 1 is 0.971 bits per heavy atom. The smallest absolute Gasteiger partial charge is 0.426 e. The van der Waals surface area contributed by atoms with E-state index in [-0.39, 0.29) is 11.3 Å². The van der Waals surface area contributed by atoms with E-state index in [1.165, 1.54) is 14.2 Å². The van der Waals surface area contributed by atoms with Gasteiger partial charge in [-0.1, -0.05) is 66.2 Å². The molecule has 4 aromatic rings. The van der Waals surface area contributed by atoms with Gasteiger partial charge in [0.1, 0.15) is 5.69 Å². The highest BCUT2D eigenvalue weighted by atomic mass is 35.5. The maximum Gasteiger partial charge on any atom is 0.426 e. The average Bonchev–Trinajstić information content (AvgIpc) is 2.87. The first-order valence-corrected chi connectivity index (χ1v) is 10.8. The van der Waals surface area contributed by atoms with Crippen molar-refractivity contribution in [2.75, 3.05) is 19.2 Å². The number of aromatic nitrogens is 1. The van der Waals surface area contributed by atoms with Crippen molar-refractivity contribution in [3.8, 4) is 17.0 Å². The van der Waals surface area contributed by atoms with Gasteiger partial charge < -0.3 is 9.47 Å². The van der Waals surface area contributed by atoms with E-state index in [4.69, 9.17) is 26.1 Å². The molecule has 4 rings (SSSR count). The number of halogens is 1. The second-order valence-corrected chi connectivity index (χ2v) is 7.84. The van der Waals surface area contributed by atoms with Crippen LogP contribution in [0.15, 0.2) is 72.8 Å². The Morgan fingerprint density at radius 3 is 2.35 bits per heavy atom. The van der Waals surface area contributed by atoms with Crippen LogP contribution in [-0.2, 0) is 4.74 Å². The molecule has 1 aromatic heterocycles. The van der Waals surface area contributed by atoms with Gasteiger partial charge in [0, 0.05) is 16.0 Å². The second-order valence-electron chi connectivity index (χ2n) is 7.43. The number of ether oxygens (including phenoxy) is 2. The third-order valence-corrected chi connectivity index (χ3v) is 5.73. The molecule has 34 heavy (non-hydrogen) atoms. The minimum atomic E-state index is -0.814. The van der Waals surface area contributed by atoms with Gasteiger partial charge in [-0.05, 0) is 30.7 Å². The Labute approximate surface area is 201 Å². The normalized spacial score (nSPS) is 10.6. The molecular weight excluding hydrogens is 454 g/mol. The van der Waals surface area contributed by atoms with Crippen LogP contribution in [0.3, 0.4) is 0 Å². The van der Waals surface area contributed by atoms with Gasteiger partial charge in [0.15, 0.2) is 5.75 Å². The number of rotatable bonds is 4. The molecule has 172 valence electrons. The summed E-state index contributed by atoms with van der Waals surface area (Å²) >= 11 is 6.32. The predicted octanol–water partition coefficient (Wildman–Crippen LogP) is 5.79. The van der Waals surface area contributed by atoms with Crippen LogP contribution in [-0.4, -0.2) is 31.2 Å². The lowest BCUT2D eigenvalue weighted by atomic mass is 10.0. The van der Waals surface area contributed by atoms with Gasteiger partial charge in [-0.15, -0.1) is 0 Å². The topological polar surface area (TPSA) is 80.8 Å². The van der Waals surface area contributed by atoms with Crippen LogP contribution in [0, 0.1) is 6.92 Å². The number of hydrogen-bond donors (Lipinski definition) is 1. The summed E-state index contributed by atoms with van der Waals surface area (Å²) in [5.41, 5.74) is 5.80. The number of amides is 2. The molecular formula is C26H22ClN3O4. The first-order chi connectivity index (χ1) is 16.4. The van der Waals surface area contributed by atoms with Crippen molar-refractivity contribution in [2.24, 2.45) is 0 Å². The molecule has 0 aliphatic carbocycles. The number of carbonyl (C=O) groups excluding carboxylic acids is 2. The molecule has 0 fully saturated rings. The monoisotopic (exact) mass is 475 g/mol. The molecule has 0 spiro atoms. The zero-order chi connectivity index (χ0) is 24.2. The van der Waals surface area contributed by atoms with E-state index in [9.17, 15) is 9.59 Å². The molecule has 0 aliphatic rings. The minimum absolute atomic E-state index is 0.236. The van der Waals surface area contributed by atoms with E-state index in [0.717, 1.165) is 16.1 Å². The fourth-order valence-corrected chi connectivity index (χ4v) is 3.77. The zero-order valence-electron chi connectivity index (χ0n) is 18.8. The lowest BCUT2D eigenvalue weighted by Gasteiger charge is -2.25. The van der Waals surface area contributed by atoms with Gasteiger partial charge in [-0.3, -0.25) is 4.79 Å². The second kappa shape index (κ2) is 9.80. The van der Waals surface area contributed by atoms with E-state index < -0.39 is 12.0 Å². The molecule has 1 N–H and O–H groups in total. The van der Waals surface area contributed by atoms with Crippen LogP contribution >= 0.6 is 11.6 Å². The van der Waals surface area contributed by atoms with Gasteiger partial charge >= 0.3 is 6.09 Å². The standard InChI is InChI=1S/C26H22ClN3O4/c1-16-13-14-18(15-20(16)27)30(29-26(32)34-3)25(31)22-19-11-7-8-12-21(19)28-23(24(22)33-2)17-9-5-4-6-10-17/h4-15H,1-3H3,(H,29,32). The van der Waals surface area contributed by atoms with Crippen LogP contribution in [0.4, 0.5) is 10.5 Å². The molecule has 2 amide bonds. The van der Waals surface area contributed by atoms with Crippen LogP contribution < -0.4 is 15.2 Å². The minimum Gasteiger partial charge on any atom is -0.494 e. The maximum atomic E-state index is 14.1. The number of carbonyl (C=O) groups is 2. The first kappa shape index (κ1) is 23.1. The average molecular weight is 476 g/mol. The van der Waals surface area contributed by atoms with Gasteiger partial charge in [0.05, 0.1) is 31.0 Å². The Balaban J connectivity index is 1.98. The Kier molecular flexibility index (Phi) is 6.65. The molecule has 0 aliphatic heterocycles. The number of hydrogen-bond acceptors (Lipinski definition) is 5. The number of methoxy groups -OCH3 is 2. The van der Waals surface area contributed by atoms with Gasteiger partial charge in [0.25, 0.3) is 5.91 Å². The fourth-order valence-electron chi connectivity index (χ4n) is 3.60. The zero-order valence-corrected chi connectivity index (χ0v) is 19.6. The van der Waals surface area contributed by atoms with Crippen molar-refractivity contribution in [1.29, 1.82) is 0 Å². The summed E-state index contributed by atoms with van der Waals surface area (Å²) in [6.07, 6.45) is -0.814. The number of anilines is 1. The van der Waals surface area contributed by atoms with Gasteiger partial charge in [-0.25, -0.2) is 20.2 Å². The molecule has 8 heteroatoms. The molecule has 0 saturated carbocycles. The van der Waals surface area contributed by atoms with E-state index in [1.807, 2.05) is 55.5 Å². The Morgan fingerprint density at radius 2 is 1.68 bits per heavy atom. The van der Waals surface area contributed by atoms with Gasteiger partial charge in [-0.2, -0.15) is 0 Å². The van der Waals surface area contributed by atoms with Gasteiger partial charge in [0.2, 0.25) is 0 Å². The van der Waals surface area contributed by atoms with E-state index >= 15 is 0 Å². The van der Waals surface area contributed by atoms with Crippen LogP contribution in [0.1, 0.15) is 15.9 Å². The molecule has 0 saturated heterocycles. The molecule has 1 heterocycles. The number of pyridine rings is 1. The number of para-hydroxylation sites is 1. The summed E-state index contributed by atoms with van der Waals surface area (Å²) in [4.78, 5) is 31.0. The largest absolute Gasteiger partial charge is 0.494 e. The third-order valence-electron chi connectivity index (χ3n) is 5.32. The molecule has 3 aromatic carbocycles. The quantitative estimate of drug-likeness (QED) is 0.378. The number of nitrogens with zero attached hydrogens (tertiary/aromatic N) is 2. The van der Waals surface area contributed by atoms with Crippen molar-refractivity contribution in [3.05, 3.63) is 88.9 Å². The number of fused-ring (bicyclic) bond motifs is 1. The highest BCUT2D eigenvalue weighted by molar-refractivity contribution is 6.31. The fraction of sp³-hybridized carbons (Fsp3) is 0.115. The van der Waals surface area contributed by atoms with Crippen LogP contribution in [0.2, 0.25) is 5.02 Å². The Bertz CT molecular complexity index is 1380. The summed E-state index contributed by atoms with van der Waals surface area (Å²) in [7, 11) is 2.70. The van der Waals surface area contributed by atoms with E-state index in [0.29, 0.717) is 27.3 Å². The number of aryl methyl sites for hydroxylation is 1. The SMILES string of the molecule is COC(=O)NN(C(=O)c1c(OC)c(-c2ccccc2)nc2ccccc12)c1ccc(C)c(Cl)c1. The van der Waals surface area contributed by atoms with Crippen LogP contribution in [0.25, 0.3) is 22.2 Å². The molecule has 7 nitrogen and oxygen atoms in total. The number of benzene rings is 3. The van der Waals surface area contributed by atoms with E-state index in [1.54, 1.807) is 24.3 Å². The van der Waals surface area contributed by atoms with Crippen molar-refractivity contribution < 1.29 is 19.1 Å². The summed E-state index contributed by atoms with van der Waals surface area (Å²) in [6, 6.07) is 21.7. The van der Waals surface area contributed by atoms with E-state index in [2.05, 4.69) is 5.43 Å². The van der Waals surface area contributed by atoms with Crippen LogP contribution in [0.5, 0.6) is 5.75 Å². The molecule has 0 bridgehead atoms. The maximum absolute atomic E-state index is 14.1. The van der Waals surface area contributed by atoms with Crippen molar-refractivity contribution in [2.45, 2.75) is 6.92 Å². The van der Waals surface area contributed by atoms with Crippen molar-refractivity contribution in [3.63, 3.8) is 0 Å². The molecule has 0 radical (unpaired) electrons. The predicted molar refractivity (Wildman–Crippen MR) is 132 cm³/mol. The first-order valence-electron chi connectivity index (χ1n) is 10.4. The lowest BCUT2D eigenvalue weighted by molar-refractivity contribution is 0.0963. The van der Waals surface area contributed by atoms with Crippen molar-refractivity contribution >= 4 is 40.2 Å². The summed E-state index contributed by atoms with van der Waals surface area (Å²) < 4.78 is 10.5. The lowest BCUT2D eigenvalue weighted by Crippen LogP contribution is -2.46. The molecule has 0 unspecified atom stereocenters. The summed E-state index contributed by atoms with van der Waals surface area (Å²) in [6.45, 7) is 1.84. The highest BCUT2D eigenvalue weighted by Crippen LogP contribution is 2.37. The number of nitrogens with one attached hydrogen (secondary N) is 1. The summed E-state index contributed by atoms with van der Waals surface area (Å²) in [5, 5.41) is 2.10. The Hall–Kier alpha value is -4.10. The number of hydrazine groups is 1. The van der Waals surface area contributed by atoms with Crippen molar-refractivity contribution in [1.82, 2.24) is 10.4 Å².